The average Bonchev–Trinajstić information content (AvgIpc) is 3.38. The molecule has 29 heavy (non-hydrogen) atoms. The van der Waals surface area contributed by atoms with Crippen molar-refractivity contribution >= 4 is 40.6 Å². The number of aromatic nitrogens is 1. The molecule has 0 aliphatic rings. The predicted molar refractivity (Wildman–Crippen MR) is 113 cm³/mol. The van der Waals surface area contributed by atoms with Crippen molar-refractivity contribution < 1.29 is 14.1 Å². The normalized spacial score (nSPS) is 10.7. The van der Waals surface area contributed by atoms with Gasteiger partial charge in [0.25, 0.3) is 5.91 Å². The van der Waals surface area contributed by atoms with Crippen LogP contribution in [0.25, 0.3) is 22.4 Å². The third-order valence-corrected chi connectivity index (χ3v) is 5.31. The quantitative estimate of drug-likeness (QED) is 0.468. The standard InChI is InChI=1S/C21H14ClN3O3S/c22-16-8-4-3-7-15(16)20(27)24-21-17(13-5-1-2-6-14(13)19(23)26)18(25-28-21)12-9-10-29-11-12/h1-11H,(H2,23,26)(H,24,27). The number of primary amides is 1. The second kappa shape index (κ2) is 7.90. The van der Waals surface area contributed by atoms with Gasteiger partial charge in [0.2, 0.25) is 11.8 Å². The molecule has 2 amide bonds. The molecule has 0 atom stereocenters. The molecule has 0 unspecified atom stereocenters. The van der Waals surface area contributed by atoms with Gasteiger partial charge in [-0.25, -0.2) is 0 Å². The third kappa shape index (κ3) is 3.65. The second-order valence-corrected chi connectivity index (χ2v) is 7.28. The Kier molecular flexibility index (Phi) is 5.16. The Labute approximate surface area is 174 Å². The van der Waals surface area contributed by atoms with Gasteiger partial charge in [-0.2, -0.15) is 11.3 Å². The minimum absolute atomic E-state index is 0.102. The smallest absolute Gasteiger partial charge is 0.259 e. The Bertz CT molecular complexity index is 1200. The molecule has 0 radical (unpaired) electrons. The van der Waals surface area contributed by atoms with E-state index in [0.717, 1.165) is 5.56 Å². The molecule has 0 aliphatic heterocycles. The van der Waals surface area contributed by atoms with Gasteiger partial charge < -0.3 is 10.3 Å². The SMILES string of the molecule is NC(=O)c1ccccc1-c1c(-c2ccsc2)noc1NC(=O)c1ccccc1Cl. The Morgan fingerprint density at radius 3 is 2.45 bits per heavy atom. The summed E-state index contributed by atoms with van der Waals surface area (Å²) in [6.07, 6.45) is 0. The fourth-order valence-electron chi connectivity index (χ4n) is 2.95. The predicted octanol–water partition coefficient (Wildman–Crippen LogP) is 5.07. The summed E-state index contributed by atoms with van der Waals surface area (Å²) in [7, 11) is 0. The number of amides is 2. The van der Waals surface area contributed by atoms with Crippen molar-refractivity contribution in [3.63, 3.8) is 0 Å². The minimum Gasteiger partial charge on any atom is -0.366 e. The molecule has 0 fully saturated rings. The molecule has 144 valence electrons. The number of carbonyl (C=O) groups is 2. The first kappa shape index (κ1) is 18.9. The Morgan fingerprint density at radius 2 is 1.76 bits per heavy atom. The maximum Gasteiger partial charge on any atom is 0.259 e. The van der Waals surface area contributed by atoms with E-state index in [2.05, 4.69) is 10.5 Å². The molecule has 2 aromatic heterocycles. The van der Waals surface area contributed by atoms with Crippen LogP contribution >= 0.6 is 22.9 Å². The first-order valence-electron chi connectivity index (χ1n) is 8.53. The van der Waals surface area contributed by atoms with Gasteiger partial charge >= 0.3 is 0 Å². The van der Waals surface area contributed by atoms with Gasteiger partial charge in [-0.1, -0.05) is 47.1 Å². The lowest BCUT2D eigenvalue weighted by atomic mass is 9.97. The largest absolute Gasteiger partial charge is 0.366 e. The van der Waals surface area contributed by atoms with Gasteiger partial charge in [-0.3, -0.25) is 14.9 Å². The molecule has 4 aromatic rings. The van der Waals surface area contributed by atoms with E-state index in [1.807, 2.05) is 16.8 Å². The lowest BCUT2D eigenvalue weighted by Gasteiger charge is -2.09. The van der Waals surface area contributed by atoms with Gasteiger partial charge in [0.15, 0.2) is 0 Å². The summed E-state index contributed by atoms with van der Waals surface area (Å²) in [5.74, 6) is -0.951. The minimum atomic E-state index is -0.596. The van der Waals surface area contributed by atoms with Crippen molar-refractivity contribution in [2.45, 2.75) is 0 Å². The van der Waals surface area contributed by atoms with Crippen LogP contribution in [0.3, 0.4) is 0 Å². The fourth-order valence-corrected chi connectivity index (χ4v) is 3.82. The van der Waals surface area contributed by atoms with Crippen molar-refractivity contribution in [1.29, 1.82) is 0 Å². The summed E-state index contributed by atoms with van der Waals surface area (Å²) in [5, 5.41) is 11.0. The molecule has 0 spiro atoms. The molecule has 0 bridgehead atoms. The van der Waals surface area contributed by atoms with E-state index < -0.39 is 11.8 Å². The van der Waals surface area contributed by atoms with Crippen molar-refractivity contribution in [1.82, 2.24) is 5.16 Å². The number of nitrogens with two attached hydrogens (primary N) is 1. The van der Waals surface area contributed by atoms with Crippen LogP contribution in [-0.4, -0.2) is 17.0 Å². The number of thiophene rings is 1. The Morgan fingerprint density at radius 1 is 1.03 bits per heavy atom. The van der Waals surface area contributed by atoms with Gasteiger partial charge in [0, 0.05) is 22.1 Å². The van der Waals surface area contributed by atoms with E-state index in [9.17, 15) is 9.59 Å². The van der Waals surface area contributed by atoms with Crippen LogP contribution in [0.5, 0.6) is 0 Å². The van der Waals surface area contributed by atoms with E-state index in [-0.39, 0.29) is 11.4 Å². The zero-order valence-corrected chi connectivity index (χ0v) is 16.5. The summed E-state index contributed by atoms with van der Waals surface area (Å²) in [4.78, 5) is 24.7. The van der Waals surface area contributed by atoms with Crippen LogP contribution in [0.1, 0.15) is 20.7 Å². The van der Waals surface area contributed by atoms with Crippen molar-refractivity contribution in [2.75, 3.05) is 5.32 Å². The van der Waals surface area contributed by atoms with Crippen LogP contribution in [-0.2, 0) is 0 Å². The van der Waals surface area contributed by atoms with Gasteiger partial charge in [0.05, 0.1) is 16.1 Å². The van der Waals surface area contributed by atoms with Crippen LogP contribution in [0.15, 0.2) is 69.9 Å². The monoisotopic (exact) mass is 423 g/mol. The molecular formula is C21H14ClN3O3S. The highest BCUT2D eigenvalue weighted by Crippen LogP contribution is 2.40. The Hall–Kier alpha value is -3.42. The molecule has 4 rings (SSSR count). The van der Waals surface area contributed by atoms with E-state index in [1.54, 1.807) is 48.5 Å². The fraction of sp³-hybridized carbons (Fsp3) is 0. The highest BCUT2D eigenvalue weighted by atomic mass is 35.5. The summed E-state index contributed by atoms with van der Waals surface area (Å²) in [6, 6.07) is 15.4. The van der Waals surface area contributed by atoms with Crippen LogP contribution in [0, 0.1) is 0 Å². The molecule has 2 aromatic carbocycles. The molecule has 6 nitrogen and oxygen atoms in total. The zero-order chi connectivity index (χ0) is 20.4. The highest BCUT2D eigenvalue weighted by Gasteiger charge is 2.25. The number of halogens is 1. The highest BCUT2D eigenvalue weighted by molar-refractivity contribution is 7.08. The lowest BCUT2D eigenvalue weighted by Crippen LogP contribution is -2.14. The zero-order valence-electron chi connectivity index (χ0n) is 14.9. The third-order valence-electron chi connectivity index (χ3n) is 4.29. The number of benzene rings is 2. The molecule has 2 heterocycles. The molecule has 3 N–H and O–H groups in total. The first-order chi connectivity index (χ1) is 14.1. The van der Waals surface area contributed by atoms with E-state index in [4.69, 9.17) is 21.9 Å². The van der Waals surface area contributed by atoms with Crippen molar-refractivity contribution in [3.8, 4) is 22.4 Å². The van der Waals surface area contributed by atoms with Crippen molar-refractivity contribution in [3.05, 3.63) is 81.5 Å². The Balaban J connectivity index is 1.85. The maximum absolute atomic E-state index is 12.8. The molecule has 0 aliphatic carbocycles. The summed E-state index contributed by atoms with van der Waals surface area (Å²) < 4.78 is 5.47. The van der Waals surface area contributed by atoms with Crippen LogP contribution in [0.2, 0.25) is 5.02 Å². The van der Waals surface area contributed by atoms with Gasteiger partial charge in [0.1, 0.15) is 5.69 Å². The number of nitrogens with zero attached hydrogens (tertiary/aromatic N) is 1. The van der Waals surface area contributed by atoms with E-state index in [1.165, 1.54) is 11.3 Å². The summed E-state index contributed by atoms with van der Waals surface area (Å²) >= 11 is 7.62. The summed E-state index contributed by atoms with van der Waals surface area (Å²) in [6.45, 7) is 0. The molecular weight excluding hydrogens is 410 g/mol. The van der Waals surface area contributed by atoms with Crippen molar-refractivity contribution in [2.24, 2.45) is 5.73 Å². The van der Waals surface area contributed by atoms with Gasteiger partial charge in [-0.15, -0.1) is 0 Å². The number of rotatable bonds is 5. The molecule has 8 heteroatoms. The lowest BCUT2D eigenvalue weighted by molar-refractivity contribution is 0.0998. The van der Waals surface area contributed by atoms with E-state index in [0.29, 0.717) is 27.4 Å². The van der Waals surface area contributed by atoms with E-state index >= 15 is 0 Å². The number of hydrogen-bond donors (Lipinski definition) is 2. The van der Waals surface area contributed by atoms with Gasteiger partial charge in [-0.05, 0) is 29.6 Å². The topological polar surface area (TPSA) is 98.2 Å². The first-order valence-corrected chi connectivity index (χ1v) is 9.85. The van der Waals surface area contributed by atoms with Crippen LogP contribution in [0.4, 0.5) is 5.88 Å². The number of anilines is 1. The molecule has 0 saturated carbocycles. The second-order valence-electron chi connectivity index (χ2n) is 6.09. The maximum atomic E-state index is 12.8. The number of hydrogen-bond acceptors (Lipinski definition) is 5. The average molecular weight is 424 g/mol. The number of carbonyl (C=O) groups excluding carboxylic acids is 2. The number of nitrogens with one attached hydrogen (secondary N) is 1. The van der Waals surface area contributed by atoms with Crippen LogP contribution < -0.4 is 11.1 Å². The summed E-state index contributed by atoms with van der Waals surface area (Å²) in [5.41, 5.74) is 8.41. The molecule has 0 saturated heterocycles.